The number of anilines is 1. The molecule has 0 saturated heterocycles. The van der Waals surface area contributed by atoms with E-state index in [1.165, 1.54) is 16.9 Å². The van der Waals surface area contributed by atoms with Gasteiger partial charge in [-0.1, -0.05) is 31.2 Å². The molecule has 1 nitrogen and oxygen atoms in total. The van der Waals surface area contributed by atoms with Crippen molar-refractivity contribution in [2.45, 2.75) is 27.2 Å². The maximum atomic E-state index is 3.37. The van der Waals surface area contributed by atoms with Gasteiger partial charge in [0.1, 0.15) is 0 Å². The largest absolute Gasteiger partial charge is 0.359 e. The highest BCUT2D eigenvalue weighted by Gasteiger charge is 1.94. The summed E-state index contributed by atoms with van der Waals surface area (Å²) in [6.45, 7) is 6.35. The summed E-state index contributed by atoms with van der Waals surface area (Å²) in [5.74, 6) is 0. The van der Waals surface area contributed by atoms with Gasteiger partial charge in [0.15, 0.2) is 0 Å². The highest BCUT2D eigenvalue weighted by atomic mass is 14.9. The van der Waals surface area contributed by atoms with Crippen molar-refractivity contribution in [3.05, 3.63) is 41.6 Å². The molecular formula is C12H17N. The summed E-state index contributed by atoms with van der Waals surface area (Å²) >= 11 is 0. The maximum Gasteiger partial charge on any atom is 0.0411 e. The van der Waals surface area contributed by atoms with E-state index in [0.717, 1.165) is 6.42 Å². The molecule has 0 bridgehead atoms. The smallest absolute Gasteiger partial charge is 0.0411 e. The lowest BCUT2D eigenvalue weighted by molar-refractivity contribution is 1.17. The average molecular weight is 175 g/mol. The number of hydrogen-bond acceptors (Lipinski definition) is 1. The van der Waals surface area contributed by atoms with Crippen LogP contribution in [0.2, 0.25) is 0 Å². The van der Waals surface area contributed by atoms with Crippen LogP contribution in [0.15, 0.2) is 36.0 Å². The Hall–Kier alpha value is -1.24. The number of hydrogen-bond donors (Lipinski definition) is 1. The standard InChI is InChI=1S/C12H17N/c1-4-7-11(3)13-12-9-6-5-8-10(12)2/h5-9,13H,4H2,1-3H3/b11-7+. The molecule has 0 fully saturated rings. The fraction of sp³-hybridized carbons (Fsp3) is 0.333. The Labute approximate surface area is 80.5 Å². The molecule has 1 aromatic rings. The quantitative estimate of drug-likeness (QED) is 0.738. The molecular weight excluding hydrogens is 158 g/mol. The van der Waals surface area contributed by atoms with Gasteiger partial charge in [-0.05, 0) is 31.9 Å². The Balaban J connectivity index is 2.74. The van der Waals surface area contributed by atoms with E-state index in [1.807, 2.05) is 0 Å². The number of aryl methyl sites for hydroxylation is 1. The molecule has 0 saturated carbocycles. The second-order valence-corrected chi connectivity index (χ2v) is 3.24. The third-order valence-electron chi connectivity index (χ3n) is 1.99. The van der Waals surface area contributed by atoms with Gasteiger partial charge in [0.25, 0.3) is 0 Å². The Morgan fingerprint density at radius 3 is 2.69 bits per heavy atom. The molecule has 1 heteroatoms. The van der Waals surface area contributed by atoms with Crippen molar-refractivity contribution in [2.24, 2.45) is 0 Å². The molecule has 0 heterocycles. The molecule has 0 atom stereocenters. The van der Waals surface area contributed by atoms with E-state index in [-0.39, 0.29) is 0 Å². The normalized spacial score (nSPS) is 11.5. The zero-order valence-electron chi connectivity index (χ0n) is 8.59. The topological polar surface area (TPSA) is 12.0 Å². The molecule has 1 rings (SSSR count). The van der Waals surface area contributed by atoms with E-state index in [9.17, 15) is 0 Å². The van der Waals surface area contributed by atoms with Gasteiger partial charge in [-0.25, -0.2) is 0 Å². The van der Waals surface area contributed by atoms with E-state index < -0.39 is 0 Å². The maximum absolute atomic E-state index is 3.37. The second-order valence-electron chi connectivity index (χ2n) is 3.24. The molecule has 0 spiro atoms. The Bertz CT molecular complexity index is 300. The van der Waals surface area contributed by atoms with Gasteiger partial charge in [-0.15, -0.1) is 0 Å². The van der Waals surface area contributed by atoms with Crippen molar-refractivity contribution in [3.63, 3.8) is 0 Å². The lowest BCUT2D eigenvalue weighted by Crippen LogP contribution is -1.96. The van der Waals surface area contributed by atoms with Crippen LogP contribution < -0.4 is 5.32 Å². The summed E-state index contributed by atoms with van der Waals surface area (Å²) in [5.41, 5.74) is 3.70. The van der Waals surface area contributed by atoms with Crippen LogP contribution in [0.5, 0.6) is 0 Å². The predicted octanol–water partition coefficient (Wildman–Crippen LogP) is 3.72. The van der Waals surface area contributed by atoms with Crippen molar-refractivity contribution in [2.75, 3.05) is 5.32 Å². The summed E-state index contributed by atoms with van der Waals surface area (Å²) < 4.78 is 0. The van der Waals surface area contributed by atoms with Gasteiger partial charge in [0.05, 0.1) is 0 Å². The number of rotatable bonds is 3. The third kappa shape index (κ3) is 2.94. The van der Waals surface area contributed by atoms with Gasteiger partial charge in [-0.2, -0.15) is 0 Å². The van der Waals surface area contributed by atoms with Crippen LogP contribution in [0.4, 0.5) is 5.69 Å². The van der Waals surface area contributed by atoms with Gasteiger partial charge >= 0.3 is 0 Å². The van der Waals surface area contributed by atoms with Crippen LogP contribution in [0.25, 0.3) is 0 Å². The van der Waals surface area contributed by atoms with Crippen LogP contribution in [0, 0.1) is 6.92 Å². The minimum Gasteiger partial charge on any atom is -0.359 e. The SMILES string of the molecule is CC/C=C(\C)Nc1ccccc1C. The van der Waals surface area contributed by atoms with Crippen molar-refractivity contribution < 1.29 is 0 Å². The first-order valence-corrected chi connectivity index (χ1v) is 4.73. The number of allylic oxidation sites excluding steroid dienone is 2. The van der Waals surface area contributed by atoms with E-state index in [0.29, 0.717) is 0 Å². The molecule has 0 amide bonds. The van der Waals surface area contributed by atoms with Gasteiger partial charge in [0.2, 0.25) is 0 Å². The fourth-order valence-electron chi connectivity index (χ4n) is 1.28. The van der Waals surface area contributed by atoms with E-state index in [2.05, 4.69) is 56.4 Å². The molecule has 1 aromatic carbocycles. The summed E-state index contributed by atoms with van der Waals surface area (Å²) in [7, 11) is 0. The molecule has 0 aliphatic rings. The molecule has 13 heavy (non-hydrogen) atoms. The third-order valence-corrected chi connectivity index (χ3v) is 1.99. The fourth-order valence-corrected chi connectivity index (χ4v) is 1.28. The van der Waals surface area contributed by atoms with Crippen LogP contribution in [0.3, 0.4) is 0 Å². The first-order valence-electron chi connectivity index (χ1n) is 4.73. The highest BCUT2D eigenvalue weighted by Crippen LogP contribution is 2.15. The lowest BCUT2D eigenvalue weighted by Gasteiger charge is -2.08. The molecule has 0 radical (unpaired) electrons. The van der Waals surface area contributed by atoms with E-state index in [1.54, 1.807) is 0 Å². The van der Waals surface area contributed by atoms with Crippen molar-refractivity contribution in [3.8, 4) is 0 Å². The molecule has 0 aliphatic heterocycles. The van der Waals surface area contributed by atoms with Crippen LogP contribution in [-0.4, -0.2) is 0 Å². The zero-order valence-corrected chi connectivity index (χ0v) is 8.59. The summed E-state index contributed by atoms with van der Waals surface area (Å²) in [5, 5.41) is 3.37. The lowest BCUT2D eigenvalue weighted by atomic mass is 10.2. The summed E-state index contributed by atoms with van der Waals surface area (Å²) in [6.07, 6.45) is 3.26. The monoisotopic (exact) mass is 175 g/mol. The van der Waals surface area contributed by atoms with E-state index in [4.69, 9.17) is 0 Å². The minimum atomic E-state index is 1.07. The van der Waals surface area contributed by atoms with Crippen LogP contribution in [-0.2, 0) is 0 Å². The van der Waals surface area contributed by atoms with Crippen LogP contribution >= 0.6 is 0 Å². The summed E-state index contributed by atoms with van der Waals surface area (Å²) in [6, 6.07) is 8.32. The first-order chi connectivity index (χ1) is 6.24. The second kappa shape index (κ2) is 4.70. The van der Waals surface area contributed by atoms with Crippen molar-refractivity contribution in [1.29, 1.82) is 0 Å². The average Bonchev–Trinajstić information content (AvgIpc) is 2.09. The minimum absolute atomic E-state index is 1.07. The summed E-state index contributed by atoms with van der Waals surface area (Å²) in [4.78, 5) is 0. The number of nitrogens with one attached hydrogen (secondary N) is 1. The number of benzene rings is 1. The number of para-hydroxylation sites is 1. The van der Waals surface area contributed by atoms with E-state index >= 15 is 0 Å². The molecule has 0 aliphatic carbocycles. The van der Waals surface area contributed by atoms with Crippen LogP contribution in [0.1, 0.15) is 25.8 Å². The predicted molar refractivity (Wildman–Crippen MR) is 58.8 cm³/mol. The molecule has 0 unspecified atom stereocenters. The van der Waals surface area contributed by atoms with Crippen molar-refractivity contribution >= 4 is 5.69 Å². The van der Waals surface area contributed by atoms with Gasteiger partial charge < -0.3 is 5.32 Å². The Morgan fingerprint density at radius 2 is 2.08 bits per heavy atom. The van der Waals surface area contributed by atoms with Gasteiger partial charge in [0, 0.05) is 11.4 Å². The molecule has 70 valence electrons. The Morgan fingerprint density at radius 1 is 1.38 bits per heavy atom. The molecule has 1 N–H and O–H groups in total. The molecule has 0 aromatic heterocycles. The Kier molecular flexibility index (Phi) is 3.56. The van der Waals surface area contributed by atoms with Crippen molar-refractivity contribution in [1.82, 2.24) is 0 Å². The van der Waals surface area contributed by atoms with Gasteiger partial charge in [-0.3, -0.25) is 0 Å². The zero-order chi connectivity index (χ0) is 9.68. The first kappa shape index (κ1) is 9.85. The highest BCUT2D eigenvalue weighted by molar-refractivity contribution is 5.53.